The van der Waals surface area contributed by atoms with E-state index in [1.807, 2.05) is 0 Å². The molecule has 0 aliphatic carbocycles. The van der Waals surface area contributed by atoms with Gasteiger partial charge in [0.15, 0.2) is 0 Å². The van der Waals surface area contributed by atoms with E-state index >= 15 is 0 Å². The quantitative estimate of drug-likeness (QED) is 0.383. The van der Waals surface area contributed by atoms with Gasteiger partial charge in [0.2, 0.25) is 0 Å². The molecule has 0 nitrogen and oxygen atoms in total. The highest BCUT2D eigenvalue weighted by molar-refractivity contribution is 7.75. The zero-order valence-electron chi connectivity index (χ0n) is 13.3. The first-order chi connectivity index (χ1) is 8.18. The van der Waals surface area contributed by atoms with Gasteiger partial charge in [0.1, 0.15) is 0 Å². The van der Waals surface area contributed by atoms with Crippen molar-refractivity contribution < 1.29 is 12.4 Å². The van der Waals surface area contributed by atoms with Crippen molar-refractivity contribution in [2.45, 2.75) is 78.6 Å². The summed E-state index contributed by atoms with van der Waals surface area (Å²) in [6, 6.07) is 0. The van der Waals surface area contributed by atoms with Gasteiger partial charge in [0.25, 0.3) is 0 Å². The molecule has 0 radical (unpaired) electrons. The number of halogens is 1. The molecule has 0 amide bonds. The Hall–Kier alpha value is 0.720. The maximum atomic E-state index is 2.66. The maximum absolute atomic E-state index is 2.66. The maximum Gasteiger partial charge on any atom is 0.0591 e. The van der Waals surface area contributed by atoms with Crippen molar-refractivity contribution >= 4 is 7.26 Å². The Balaban J connectivity index is 0. The molecule has 0 rings (SSSR count). The third-order valence-corrected chi connectivity index (χ3v) is 8.09. The van der Waals surface area contributed by atoms with Gasteiger partial charge in [0, 0.05) is 13.9 Å². The summed E-state index contributed by atoms with van der Waals surface area (Å²) < 4.78 is 0. The van der Waals surface area contributed by atoms with Crippen molar-refractivity contribution in [2.24, 2.45) is 0 Å². The van der Waals surface area contributed by atoms with Crippen LogP contribution in [0.15, 0.2) is 0 Å². The molecule has 0 spiro atoms. The second kappa shape index (κ2) is 14.1. The molecule has 0 saturated carbocycles. The first-order valence-electron chi connectivity index (χ1n) is 8.02. The lowest BCUT2D eigenvalue weighted by atomic mass is 10.3. The molecule has 0 N–H and O–H groups in total. The standard InChI is InChI=1S/C16H36P.ClH/c1-5-8-11-14-17(4,15-12-9-6-2)16-13-10-7-3;/h5-16H2,1-4H3;1H/q+1;/p-1. The molecular formula is C16H36ClP. The predicted octanol–water partition coefficient (Wildman–Crippen LogP) is 3.21. The van der Waals surface area contributed by atoms with Crippen LogP contribution in [0.2, 0.25) is 0 Å². The molecule has 0 aromatic carbocycles. The van der Waals surface area contributed by atoms with E-state index in [2.05, 4.69) is 27.4 Å². The number of hydrogen-bond donors (Lipinski definition) is 0. The van der Waals surface area contributed by atoms with Crippen LogP contribution >= 0.6 is 7.26 Å². The second-order valence-corrected chi connectivity index (χ2v) is 10.5. The highest BCUT2D eigenvalue weighted by atomic mass is 35.5. The third-order valence-electron chi connectivity index (χ3n) is 3.90. The summed E-state index contributed by atoms with van der Waals surface area (Å²) in [7, 11) is -0.558. The lowest BCUT2D eigenvalue weighted by Gasteiger charge is -2.23. The summed E-state index contributed by atoms with van der Waals surface area (Å²) in [5, 5.41) is 0. The van der Waals surface area contributed by atoms with Crippen molar-refractivity contribution in [3.8, 4) is 0 Å². The van der Waals surface area contributed by atoms with Crippen LogP contribution in [-0.4, -0.2) is 25.2 Å². The van der Waals surface area contributed by atoms with Gasteiger partial charge >= 0.3 is 0 Å². The Kier molecular flexibility index (Phi) is 16.5. The Labute approximate surface area is 123 Å². The zero-order valence-corrected chi connectivity index (χ0v) is 15.0. The Morgan fingerprint density at radius 1 is 0.556 bits per heavy atom. The van der Waals surface area contributed by atoms with E-state index < -0.39 is 7.26 Å². The molecule has 0 bridgehead atoms. The monoisotopic (exact) mass is 294 g/mol. The lowest BCUT2D eigenvalue weighted by molar-refractivity contribution is -0.00000407. The van der Waals surface area contributed by atoms with E-state index in [0.29, 0.717) is 0 Å². The topological polar surface area (TPSA) is 0 Å². The summed E-state index contributed by atoms with van der Waals surface area (Å²) in [6.07, 6.45) is 17.7. The molecule has 0 heterocycles. The summed E-state index contributed by atoms with van der Waals surface area (Å²) in [5.74, 6) is 0. The summed E-state index contributed by atoms with van der Waals surface area (Å²) in [4.78, 5) is 0. The smallest absolute Gasteiger partial charge is 0.0591 e. The fourth-order valence-corrected chi connectivity index (χ4v) is 6.20. The minimum Gasteiger partial charge on any atom is -1.00 e. The van der Waals surface area contributed by atoms with Crippen molar-refractivity contribution in [3.63, 3.8) is 0 Å². The molecular weight excluding hydrogens is 259 g/mol. The van der Waals surface area contributed by atoms with Gasteiger partial charge in [-0.15, -0.1) is 0 Å². The van der Waals surface area contributed by atoms with Gasteiger partial charge in [-0.2, -0.15) is 0 Å². The molecule has 18 heavy (non-hydrogen) atoms. The number of unbranched alkanes of at least 4 members (excludes halogenated alkanes) is 6. The molecule has 0 aliphatic rings. The summed E-state index contributed by atoms with van der Waals surface area (Å²) in [5.41, 5.74) is 0. The Morgan fingerprint density at radius 2 is 0.833 bits per heavy atom. The van der Waals surface area contributed by atoms with Crippen LogP contribution < -0.4 is 12.4 Å². The van der Waals surface area contributed by atoms with Crippen molar-refractivity contribution in [1.29, 1.82) is 0 Å². The largest absolute Gasteiger partial charge is 1.00 e. The Morgan fingerprint density at radius 3 is 1.06 bits per heavy atom. The van der Waals surface area contributed by atoms with Crippen LogP contribution in [0.5, 0.6) is 0 Å². The molecule has 2 heteroatoms. The van der Waals surface area contributed by atoms with Crippen molar-refractivity contribution in [2.75, 3.05) is 25.2 Å². The van der Waals surface area contributed by atoms with Crippen LogP contribution in [0.25, 0.3) is 0 Å². The van der Waals surface area contributed by atoms with E-state index in [9.17, 15) is 0 Å². The van der Waals surface area contributed by atoms with E-state index in [1.54, 1.807) is 18.5 Å². The predicted molar refractivity (Wildman–Crippen MR) is 86.0 cm³/mol. The lowest BCUT2D eigenvalue weighted by Crippen LogP contribution is -3.00. The van der Waals surface area contributed by atoms with E-state index in [0.717, 1.165) is 0 Å². The van der Waals surface area contributed by atoms with Crippen LogP contribution in [0.3, 0.4) is 0 Å². The fourth-order valence-electron chi connectivity index (χ4n) is 2.57. The van der Waals surface area contributed by atoms with Gasteiger partial charge < -0.3 is 12.4 Å². The number of hydrogen-bond acceptors (Lipinski definition) is 0. The first kappa shape index (κ1) is 21.0. The van der Waals surface area contributed by atoms with E-state index in [4.69, 9.17) is 0 Å². The minimum atomic E-state index is -0.558. The molecule has 0 aromatic rings. The van der Waals surface area contributed by atoms with Crippen LogP contribution in [-0.2, 0) is 0 Å². The van der Waals surface area contributed by atoms with Gasteiger partial charge in [-0.25, -0.2) is 0 Å². The van der Waals surface area contributed by atoms with Crippen molar-refractivity contribution in [1.82, 2.24) is 0 Å². The van der Waals surface area contributed by atoms with Gasteiger partial charge in [-0.3, -0.25) is 0 Å². The molecule has 112 valence electrons. The van der Waals surface area contributed by atoms with Crippen LogP contribution in [0.4, 0.5) is 0 Å². The highest BCUT2D eigenvalue weighted by Crippen LogP contribution is 2.57. The first-order valence-corrected chi connectivity index (χ1v) is 10.8. The molecule has 0 atom stereocenters. The minimum absolute atomic E-state index is 0. The second-order valence-electron chi connectivity index (χ2n) is 5.91. The Bertz CT molecular complexity index is 133. The average molecular weight is 295 g/mol. The zero-order chi connectivity index (χ0) is 13.0. The van der Waals surface area contributed by atoms with Crippen LogP contribution in [0, 0.1) is 0 Å². The number of rotatable bonds is 12. The van der Waals surface area contributed by atoms with E-state index in [-0.39, 0.29) is 12.4 Å². The molecule has 0 saturated heterocycles. The van der Waals surface area contributed by atoms with Crippen molar-refractivity contribution in [3.05, 3.63) is 0 Å². The molecule has 0 aromatic heterocycles. The van der Waals surface area contributed by atoms with E-state index in [1.165, 1.54) is 57.8 Å². The molecule has 0 fully saturated rings. The normalized spacial score (nSPS) is 11.3. The highest BCUT2D eigenvalue weighted by Gasteiger charge is 2.29. The third kappa shape index (κ3) is 11.8. The SMILES string of the molecule is CCCCC[P+](C)(CCCCC)CCCCC.[Cl-]. The fraction of sp³-hybridized carbons (Fsp3) is 1.00. The van der Waals surface area contributed by atoms with Gasteiger partial charge in [0.05, 0.1) is 18.5 Å². The average Bonchev–Trinajstić information content (AvgIpc) is 2.30. The summed E-state index contributed by atoms with van der Waals surface area (Å²) >= 11 is 0. The summed E-state index contributed by atoms with van der Waals surface area (Å²) in [6.45, 7) is 9.63. The molecule has 0 aliphatic heterocycles. The van der Waals surface area contributed by atoms with Gasteiger partial charge in [-0.1, -0.05) is 59.3 Å². The van der Waals surface area contributed by atoms with Gasteiger partial charge in [-0.05, 0) is 19.3 Å². The van der Waals surface area contributed by atoms with Crippen LogP contribution in [0.1, 0.15) is 78.6 Å². The molecule has 0 unspecified atom stereocenters.